The van der Waals surface area contributed by atoms with Crippen LogP contribution < -0.4 is 10.4 Å². The molecule has 0 saturated carbocycles. The van der Waals surface area contributed by atoms with Gasteiger partial charge in [0, 0.05) is 23.1 Å². The third-order valence-electron chi connectivity index (χ3n) is 6.69. The van der Waals surface area contributed by atoms with Crippen molar-refractivity contribution in [3.63, 3.8) is 0 Å². The molecule has 0 bridgehead atoms. The van der Waals surface area contributed by atoms with Crippen LogP contribution in [-0.4, -0.2) is 19.7 Å². The normalized spacial score (nSPS) is 16.1. The molecule has 3 aromatic carbocycles. The van der Waals surface area contributed by atoms with E-state index in [9.17, 15) is 8.42 Å². The predicted octanol–water partition coefficient (Wildman–Crippen LogP) is 5.61. The maximum atomic E-state index is 12.6. The molecule has 0 spiro atoms. The molecule has 2 aliphatic carbocycles. The number of pyridine rings is 1. The maximum Gasteiger partial charge on any atom is 0.154 e. The van der Waals surface area contributed by atoms with E-state index in [4.69, 9.17) is 0 Å². The Morgan fingerprint density at radius 1 is 0.857 bits per heavy atom. The van der Waals surface area contributed by atoms with Gasteiger partial charge in [-0.2, -0.15) is 0 Å². The Hall–Kier alpha value is -3.02. The fraction of sp³-hybridized carbons (Fsp3) is 0.167. The molecule has 35 heavy (non-hydrogen) atoms. The number of benzene rings is 3. The molecule has 5 heteroatoms. The number of fused-ring (bicyclic) bond motifs is 5. The molecular weight excluding hydrogens is 518 g/mol. The first kappa shape index (κ1) is 23.7. The van der Waals surface area contributed by atoms with E-state index >= 15 is 0 Å². The molecule has 0 N–H and O–H groups in total. The zero-order valence-electron chi connectivity index (χ0n) is 19.5. The lowest BCUT2D eigenvalue weighted by Crippen LogP contribution is -2.39. The molecule has 176 valence electrons. The van der Waals surface area contributed by atoms with Gasteiger partial charge in [-0.25, -0.2) is 8.42 Å². The number of hydrogen-bond donors (Lipinski definition) is 0. The van der Waals surface area contributed by atoms with Gasteiger partial charge in [-0.1, -0.05) is 76.6 Å². The van der Waals surface area contributed by atoms with Crippen LogP contribution in [0.15, 0.2) is 95.7 Å². The summed E-state index contributed by atoms with van der Waals surface area (Å²) in [4.78, 5) is 3.78. The SMILES string of the molecule is CS(=O)(=O)C1CCC(c2ccc(Br)cc2)=c2c1ccc1c2=CCc2ccccc2-1.c1ccncc1. The van der Waals surface area contributed by atoms with E-state index in [1.165, 1.54) is 39.3 Å². The van der Waals surface area contributed by atoms with Crippen molar-refractivity contribution in [1.29, 1.82) is 0 Å². The number of halogens is 1. The van der Waals surface area contributed by atoms with Crippen molar-refractivity contribution >= 4 is 37.4 Å². The largest absolute Gasteiger partial charge is 0.265 e. The monoisotopic (exact) mass is 543 g/mol. The Bertz CT molecular complexity index is 1570. The molecule has 3 nitrogen and oxygen atoms in total. The average Bonchev–Trinajstić information content (AvgIpc) is 2.89. The topological polar surface area (TPSA) is 47.0 Å². The van der Waals surface area contributed by atoms with Crippen molar-refractivity contribution < 1.29 is 8.42 Å². The molecular formula is C30H26BrNO2S. The van der Waals surface area contributed by atoms with Crippen molar-refractivity contribution in [2.75, 3.05) is 6.26 Å². The first-order chi connectivity index (χ1) is 16.9. The molecule has 2 aliphatic rings. The predicted molar refractivity (Wildman–Crippen MR) is 147 cm³/mol. The van der Waals surface area contributed by atoms with Crippen molar-refractivity contribution in [1.82, 2.24) is 4.98 Å². The Balaban J connectivity index is 0.000000371. The van der Waals surface area contributed by atoms with E-state index in [0.717, 1.165) is 28.1 Å². The van der Waals surface area contributed by atoms with E-state index in [-0.39, 0.29) is 0 Å². The van der Waals surface area contributed by atoms with Gasteiger partial charge in [0.1, 0.15) is 0 Å². The number of hydrogen-bond acceptors (Lipinski definition) is 3. The van der Waals surface area contributed by atoms with Crippen LogP contribution in [0.1, 0.15) is 34.8 Å². The zero-order valence-corrected chi connectivity index (χ0v) is 21.9. The third kappa shape index (κ3) is 4.89. The zero-order chi connectivity index (χ0) is 24.4. The summed E-state index contributed by atoms with van der Waals surface area (Å²) in [6.45, 7) is 0. The maximum absolute atomic E-state index is 12.6. The summed E-state index contributed by atoms with van der Waals surface area (Å²) in [5.74, 6) is 0. The van der Waals surface area contributed by atoms with Crippen molar-refractivity contribution in [3.8, 4) is 11.1 Å². The lowest BCUT2D eigenvalue weighted by atomic mass is 9.83. The fourth-order valence-electron chi connectivity index (χ4n) is 5.11. The van der Waals surface area contributed by atoms with Crippen LogP contribution in [0.5, 0.6) is 0 Å². The quantitative estimate of drug-likeness (QED) is 0.330. The van der Waals surface area contributed by atoms with Crippen molar-refractivity contribution in [2.24, 2.45) is 0 Å². The Morgan fingerprint density at radius 2 is 1.60 bits per heavy atom. The van der Waals surface area contributed by atoms with Gasteiger partial charge in [-0.15, -0.1) is 0 Å². The van der Waals surface area contributed by atoms with E-state index in [1.54, 1.807) is 12.4 Å². The smallest absolute Gasteiger partial charge is 0.154 e. The highest BCUT2D eigenvalue weighted by Crippen LogP contribution is 2.34. The first-order valence-corrected chi connectivity index (χ1v) is 14.4. The molecule has 1 aromatic heterocycles. The standard InChI is InChI=1S/C25H21BrO2S.C5H5N/c1-29(27,28)24-15-14-20(17-6-9-18(26)10-7-17)25-22-11-8-16-4-2-3-5-19(16)21(22)12-13-23(24)25;1-2-4-6-5-3-1/h2-7,9-13,24H,8,14-15H2,1H3;1-5H. The highest BCUT2D eigenvalue weighted by atomic mass is 79.9. The van der Waals surface area contributed by atoms with Crippen LogP contribution in [0, 0.1) is 0 Å². The lowest BCUT2D eigenvalue weighted by Gasteiger charge is -2.26. The first-order valence-electron chi connectivity index (χ1n) is 11.7. The van der Waals surface area contributed by atoms with Crippen LogP contribution in [-0.2, 0) is 16.3 Å². The number of rotatable bonds is 2. The van der Waals surface area contributed by atoms with Gasteiger partial charge in [0.25, 0.3) is 0 Å². The van der Waals surface area contributed by atoms with Crippen molar-refractivity contribution in [3.05, 3.63) is 123 Å². The molecule has 0 aliphatic heterocycles. The molecule has 4 aromatic rings. The van der Waals surface area contributed by atoms with Gasteiger partial charge < -0.3 is 0 Å². The van der Waals surface area contributed by atoms with Crippen LogP contribution in [0.4, 0.5) is 0 Å². The fourth-order valence-corrected chi connectivity index (χ4v) is 6.58. The molecule has 0 radical (unpaired) electrons. The molecule has 1 atom stereocenters. The minimum Gasteiger partial charge on any atom is -0.265 e. The summed E-state index contributed by atoms with van der Waals surface area (Å²) in [5, 5.41) is 1.88. The second-order valence-electron chi connectivity index (χ2n) is 8.92. The van der Waals surface area contributed by atoms with E-state index in [0.29, 0.717) is 6.42 Å². The highest BCUT2D eigenvalue weighted by Gasteiger charge is 2.30. The third-order valence-corrected chi connectivity index (χ3v) is 8.74. The molecule has 0 saturated heterocycles. The minimum atomic E-state index is -3.17. The van der Waals surface area contributed by atoms with Gasteiger partial charge in [0.15, 0.2) is 9.84 Å². The number of nitrogens with zero attached hydrogens (tertiary/aromatic N) is 1. The lowest BCUT2D eigenvalue weighted by molar-refractivity contribution is 0.580. The number of aromatic nitrogens is 1. The average molecular weight is 545 g/mol. The summed E-state index contributed by atoms with van der Waals surface area (Å²) in [6.07, 6.45) is 9.41. The van der Waals surface area contributed by atoms with E-state index in [1.807, 2.05) is 24.3 Å². The summed E-state index contributed by atoms with van der Waals surface area (Å²) < 4.78 is 26.2. The number of sulfone groups is 1. The van der Waals surface area contributed by atoms with Crippen LogP contribution in [0.25, 0.3) is 22.8 Å². The van der Waals surface area contributed by atoms with Gasteiger partial charge in [-0.05, 0) is 87.4 Å². The Labute approximate surface area is 214 Å². The molecule has 0 fully saturated rings. The van der Waals surface area contributed by atoms with Crippen molar-refractivity contribution in [2.45, 2.75) is 24.5 Å². The summed E-state index contributed by atoms with van der Waals surface area (Å²) in [6, 6.07) is 26.7. The Morgan fingerprint density at radius 3 is 2.26 bits per heavy atom. The van der Waals surface area contributed by atoms with Crippen LogP contribution >= 0.6 is 15.9 Å². The van der Waals surface area contributed by atoms with Gasteiger partial charge in [-0.3, -0.25) is 4.98 Å². The van der Waals surface area contributed by atoms with Gasteiger partial charge >= 0.3 is 0 Å². The summed E-state index contributed by atoms with van der Waals surface area (Å²) in [7, 11) is -3.17. The molecule has 0 amide bonds. The van der Waals surface area contributed by atoms with E-state index < -0.39 is 15.1 Å². The second-order valence-corrected chi connectivity index (χ2v) is 12.1. The molecule has 1 unspecified atom stereocenters. The minimum absolute atomic E-state index is 0.437. The summed E-state index contributed by atoms with van der Waals surface area (Å²) >= 11 is 3.52. The molecule has 1 heterocycles. The second kappa shape index (κ2) is 9.92. The molecule has 6 rings (SSSR count). The van der Waals surface area contributed by atoms with Gasteiger partial charge in [0.2, 0.25) is 0 Å². The van der Waals surface area contributed by atoms with E-state index in [2.05, 4.69) is 81.6 Å². The highest BCUT2D eigenvalue weighted by molar-refractivity contribution is 9.10. The summed E-state index contributed by atoms with van der Waals surface area (Å²) in [5.41, 5.74) is 7.15. The Kier molecular flexibility index (Phi) is 6.72. The van der Waals surface area contributed by atoms with Crippen LogP contribution in [0.3, 0.4) is 0 Å². The van der Waals surface area contributed by atoms with Crippen LogP contribution in [0.2, 0.25) is 0 Å². The van der Waals surface area contributed by atoms with Gasteiger partial charge in [0.05, 0.1) is 5.25 Å².